The van der Waals surface area contributed by atoms with E-state index in [1.165, 1.54) is 6.07 Å². The van der Waals surface area contributed by atoms with Crippen molar-refractivity contribution < 1.29 is 13.9 Å². The molecule has 7 heteroatoms. The normalized spacial score (nSPS) is 16.2. The van der Waals surface area contributed by atoms with Crippen molar-refractivity contribution in [1.29, 1.82) is 0 Å². The number of carbonyl (C=O) groups is 1. The highest BCUT2D eigenvalue weighted by atomic mass is 19.1. The number of amides is 1. The molecule has 3 aromatic rings. The van der Waals surface area contributed by atoms with Crippen LogP contribution >= 0.6 is 0 Å². The van der Waals surface area contributed by atoms with Crippen molar-refractivity contribution in [1.82, 2.24) is 14.9 Å². The first-order valence-corrected chi connectivity index (χ1v) is 10.8. The molecule has 2 N–H and O–H groups in total. The van der Waals surface area contributed by atoms with Gasteiger partial charge >= 0.3 is 0 Å². The number of hydrogen-bond acceptors (Lipinski definition) is 5. The van der Waals surface area contributed by atoms with Gasteiger partial charge < -0.3 is 15.4 Å². The molecule has 0 radical (unpaired) electrons. The second kappa shape index (κ2) is 9.87. The summed E-state index contributed by atoms with van der Waals surface area (Å²) in [5, 5.41) is 0. The molecule has 0 unspecified atom stereocenters. The topological polar surface area (TPSA) is 81.3 Å². The average Bonchev–Trinajstić information content (AvgIpc) is 2.82. The lowest BCUT2D eigenvalue weighted by atomic mass is 10.0. The lowest BCUT2D eigenvalue weighted by molar-refractivity contribution is -0.139. The molecule has 0 saturated carbocycles. The van der Waals surface area contributed by atoms with E-state index in [1.807, 2.05) is 35.2 Å². The SMILES string of the molecule is Cc1cc(CCCC(=O)N2CCO[C@H](c3cccc(-c4ccc(N)nc4)n3)C2)ccc1F. The standard InChI is InChI=1S/C25H27FN4O2/c1-17-14-18(8-10-20(17)26)4-2-7-25(31)30-12-13-32-23(16-30)22-6-3-5-21(29-22)19-9-11-24(27)28-15-19/h3,5-6,8-11,14-15,23H,2,4,7,12-13,16H2,1H3,(H2,27,28)/t23-/m0/s1. The predicted octanol–water partition coefficient (Wildman–Crippen LogP) is 4.10. The van der Waals surface area contributed by atoms with Crippen molar-refractivity contribution in [2.75, 3.05) is 25.4 Å². The van der Waals surface area contributed by atoms with Gasteiger partial charge in [-0.3, -0.25) is 4.79 Å². The van der Waals surface area contributed by atoms with Gasteiger partial charge in [0.05, 0.1) is 24.5 Å². The summed E-state index contributed by atoms with van der Waals surface area (Å²) in [5.74, 6) is 0.370. The predicted molar refractivity (Wildman–Crippen MR) is 121 cm³/mol. The van der Waals surface area contributed by atoms with E-state index in [0.29, 0.717) is 37.5 Å². The average molecular weight is 435 g/mol. The fourth-order valence-corrected chi connectivity index (χ4v) is 3.87. The third kappa shape index (κ3) is 5.29. The zero-order chi connectivity index (χ0) is 22.5. The molecule has 3 heterocycles. The summed E-state index contributed by atoms with van der Waals surface area (Å²) < 4.78 is 19.3. The first kappa shape index (κ1) is 21.9. The molecule has 0 aliphatic carbocycles. The van der Waals surface area contributed by atoms with Gasteiger partial charge in [0.15, 0.2) is 0 Å². The van der Waals surface area contributed by atoms with E-state index in [0.717, 1.165) is 35.4 Å². The Balaban J connectivity index is 1.35. The Morgan fingerprint density at radius 1 is 1.25 bits per heavy atom. The molecule has 1 aliphatic heterocycles. The molecule has 32 heavy (non-hydrogen) atoms. The fourth-order valence-electron chi connectivity index (χ4n) is 3.87. The Morgan fingerprint density at radius 3 is 2.91 bits per heavy atom. The van der Waals surface area contributed by atoms with Crippen LogP contribution in [0.3, 0.4) is 0 Å². The van der Waals surface area contributed by atoms with Crippen LogP contribution in [0.2, 0.25) is 0 Å². The minimum Gasteiger partial charge on any atom is -0.384 e. The van der Waals surface area contributed by atoms with Gasteiger partial charge in [-0.15, -0.1) is 0 Å². The van der Waals surface area contributed by atoms with Gasteiger partial charge in [0.1, 0.15) is 17.7 Å². The third-order valence-electron chi connectivity index (χ3n) is 5.68. The molecule has 0 bridgehead atoms. The van der Waals surface area contributed by atoms with Crippen LogP contribution in [0.25, 0.3) is 11.3 Å². The summed E-state index contributed by atoms with van der Waals surface area (Å²) in [6, 6.07) is 14.5. The summed E-state index contributed by atoms with van der Waals surface area (Å²) in [4.78, 5) is 23.5. The molecule has 6 nitrogen and oxygen atoms in total. The molecule has 2 aromatic heterocycles. The monoisotopic (exact) mass is 434 g/mol. The van der Waals surface area contributed by atoms with Gasteiger partial charge in [-0.1, -0.05) is 18.2 Å². The van der Waals surface area contributed by atoms with E-state index in [-0.39, 0.29) is 17.8 Å². The number of nitrogen functional groups attached to an aromatic ring is 1. The molecule has 0 spiro atoms. The maximum atomic E-state index is 13.4. The number of anilines is 1. The number of rotatable bonds is 6. The number of aromatic nitrogens is 2. The highest BCUT2D eigenvalue weighted by Gasteiger charge is 2.26. The van der Waals surface area contributed by atoms with Gasteiger partial charge in [0.2, 0.25) is 5.91 Å². The number of nitrogens with two attached hydrogens (primary N) is 1. The van der Waals surface area contributed by atoms with Gasteiger partial charge in [0.25, 0.3) is 0 Å². The molecular weight excluding hydrogens is 407 g/mol. The van der Waals surface area contributed by atoms with Gasteiger partial charge in [0, 0.05) is 24.7 Å². The minimum absolute atomic E-state index is 0.107. The third-order valence-corrected chi connectivity index (χ3v) is 5.68. The van der Waals surface area contributed by atoms with Crippen LogP contribution in [0.15, 0.2) is 54.7 Å². The van der Waals surface area contributed by atoms with E-state index in [1.54, 1.807) is 25.3 Å². The summed E-state index contributed by atoms with van der Waals surface area (Å²) in [6.07, 6.45) is 3.35. The number of morpholine rings is 1. The van der Waals surface area contributed by atoms with E-state index in [2.05, 4.69) is 4.98 Å². The molecule has 1 amide bonds. The van der Waals surface area contributed by atoms with E-state index in [4.69, 9.17) is 15.5 Å². The molecule has 4 rings (SSSR count). The van der Waals surface area contributed by atoms with Crippen molar-refractivity contribution in [3.05, 3.63) is 77.4 Å². The number of nitrogens with zero attached hydrogens (tertiary/aromatic N) is 3. The van der Waals surface area contributed by atoms with Crippen LogP contribution in [0.5, 0.6) is 0 Å². The second-order valence-corrected chi connectivity index (χ2v) is 8.06. The Morgan fingerprint density at radius 2 is 2.12 bits per heavy atom. The summed E-state index contributed by atoms with van der Waals surface area (Å²) >= 11 is 0. The number of hydrogen-bond donors (Lipinski definition) is 1. The second-order valence-electron chi connectivity index (χ2n) is 8.06. The van der Waals surface area contributed by atoms with E-state index < -0.39 is 0 Å². The number of benzene rings is 1. The molecule has 1 fully saturated rings. The molecule has 166 valence electrons. The molecular formula is C25H27FN4O2. The quantitative estimate of drug-likeness (QED) is 0.632. The molecule has 1 aliphatic rings. The first-order chi connectivity index (χ1) is 15.5. The van der Waals surface area contributed by atoms with Crippen LogP contribution in [0.1, 0.15) is 35.8 Å². The zero-order valence-electron chi connectivity index (χ0n) is 18.1. The maximum Gasteiger partial charge on any atom is 0.222 e. The maximum absolute atomic E-state index is 13.4. The van der Waals surface area contributed by atoms with Crippen molar-refractivity contribution in [2.24, 2.45) is 0 Å². The Bertz CT molecular complexity index is 1090. The van der Waals surface area contributed by atoms with Gasteiger partial charge in [-0.25, -0.2) is 14.4 Å². The highest BCUT2D eigenvalue weighted by molar-refractivity contribution is 5.76. The van der Waals surface area contributed by atoms with Crippen LogP contribution in [0.4, 0.5) is 10.2 Å². The van der Waals surface area contributed by atoms with Crippen LogP contribution in [-0.4, -0.2) is 40.5 Å². The van der Waals surface area contributed by atoms with E-state index in [9.17, 15) is 9.18 Å². The number of ether oxygens (including phenoxy) is 1. The van der Waals surface area contributed by atoms with Gasteiger partial charge in [-0.2, -0.15) is 0 Å². The Kier molecular flexibility index (Phi) is 6.75. The van der Waals surface area contributed by atoms with Crippen LogP contribution in [-0.2, 0) is 16.0 Å². The lowest BCUT2D eigenvalue weighted by Gasteiger charge is -2.33. The number of halogens is 1. The molecule has 1 saturated heterocycles. The minimum atomic E-state index is -0.269. The molecule has 1 atom stereocenters. The fraction of sp³-hybridized carbons (Fsp3) is 0.320. The first-order valence-electron chi connectivity index (χ1n) is 10.8. The van der Waals surface area contributed by atoms with Gasteiger partial charge in [-0.05, 0) is 61.2 Å². The van der Waals surface area contributed by atoms with Crippen LogP contribution in [0, 0.1) is 12.7 Å². The largest absolute Gasteiger partial charge is 0.384 e. The Hall–Kier alpha value is -3.32. The summed E-state index contributed by atoms with van der Waals surface area (Å²) in [5.41, 5.74) is 9.81. The van der Waals surface area contributed by atoms with Crippen LogP contribution < -0.4 is 5.73 Å². The lowest BCUT2D eigenvalue weighted by Crippen LogP contribution is -2.42. The van der Waals surface area contributed by atoms with Crippen molar-refractivity contribution in [2.45, 2.75) is 32.3 Å². The van der Waals surface area contributed by atoms with Crippen molar-refractivity contribution in [3.8, 4) is 11.3 Å². The highest BCUT2D eigenvalue weighted by Crippen LogP contribution is 2.25. The Labute approximate surface area is 187 Å². The summed E-state index contributed by atoms with van der Waals surface area (Å²) in [7, 11) is 0. The van der Waals surface area contributed by atoms with Crippen molar-refractivity contribution in [3.63, 3.8) is 0 Å². The number of carbonyl (C=O) groups excluding carboxylic acids is 1. The number of aryl methyl sites for hydroxylation is 2. The smallest absolute Gasteiger partial charge is 0.222 e. The number of pyridine rings is 2. The van der Waals surface area contributed by atoms with E-state index >= 15 is 0 Å². The molecule has 1 aromatic carbocycles. The van der Waals surface area contributed by atoms with Crippen molar-refractivity contribution >= 4 is 11.7 Å². The zero-order valence-corrected chi connectivity index (χ0v) is 18.1. The summed E-state index contributed by atoms with van der Waals surface area (Å²) in [6.45, 7) is 3.28.